The smallest absolute Gasteiger partial charge is 0.344 e. The third-order valence-electron chi connectivity index (χ3n) is 4.01. The number of carbonyl (C=O) groups is 1. The zero-order chi connectivity index (χ0) is 15.1. The summed E-state index contributed by atoms with van der Waals surface area (Å²) in [6, 6.07) is 8.34. The lowest BCUT2D eigenvalue weighted by Crippen LogP contribution is -2.09. The SMILES string of the molecule is C/C(=N\OCC(=O)O)c1ccc(CC2CCCCC2)cc1. The summed E-state index contributed by atoms with van der Waals surface area (Å²) in [5.74, 6) is -0.187. The number of aliphatic carboxylic acids is 1. The topological polar surface area (TPSA) is 58.9 Å². The third kappa shape index (κ3) is 5.21. The Hall–Kier alpha value is -1.84. The van der Waals surface area contributed by atoms with Gasteiger partial charge in [-0.05, 0) is 30.4 Å². The van der Waals surface area contributed by atoms with Gasteiger partial charge in [0, 0.05) is 0 Å². The minimum Gasteiger partial charge on any atom is -0.479 e. The Morgan fingerprint density at radius 1 is 1.24 bits per heavy atom. The fourth-order valence-corrected chi connectivity index (χ4v) is 2.84. The fourth-order valence-electron chi connectivity index (χ4n) is 2.84. The largest absolute Gasteiger partial charge is 0.479 e. The third-order valence-corrected chi connectivity index (χ3v) is 4.01. The second-order valence-electron chi connectivity index (χ2n) is 5.75. The first-order valence-corrected chi connectivity index (χ1v) is 7.63. The maximum atomic E-state index is 10.4. The number of benzene rings is 1. The number of carboxylic acids is 1. The summed E-state index contributed by atoms with van der Waals surface area (Å²) in [7, 11) is 0. The fraction of sp³-hybridized carbons (Fsp3) is 0.529. The average molecular weight is 289 g/mol. The minimum atomic E-state index is -1.02. The van der Waals surface area contributed by atoms with E-state index < -0.39 is 12.6 Å². The van der Waals surface area contributed by atoms with Crippen LogP contribution in [0.2, 0.25) is 0 Å². The van der Waals surface area contributed by atoms with Crippen molar-refractivity contribution in [2.45, 2.75) is 45.4 Å². The molecule has 1 aliphatic carbocycles. The van der Waals surface area contributed by atoms with Crippen molar-refractivity contribution < 1.29 is 14.7 Å². The molecule has 0 heterocycles. The van der Waals surface area contributed by atoms with E-state index >= 15 is 0 Å². The normalized spacial score (nSPS) is 16.7. The van der Waals surface area contributed by atoms with Gasteiger partial charge in [-0.25, -0.2) is 4.79 Å². The Kier molecular flexibility index (Phi) is 5.78. The quantitative estimate of drug-likeness (QED) is 0.642. The van der Waals surface area contributed by atoms with E-state index in [1.807, 2.05) is 19.1 Å². The van der Waals surface area contributed by atoms with Crippen LogP contribution in [0.25, 0.3) is 0 Å². The van der Waals surface area contributed by atoms with Crippen molar-refractivity contribution in [2.24, 2.45) is 11.1 Å². The molecule has 21 heavy (non-hydrogen) atoms. The number of nitrogens with zero attached hydrogens (tertiary/aromatic N) is 1. The Morgan fingerprint density at radius 3 is 2.52 bits per heavy atom. The van der Waals surface area contributed by atoms with Gasteiger partial charge in [0.25, 0.3) is 0 Å². The van der Waals surface area contributed by atoms with Crippen LogP contribution in [0.15, 0.2) is 29.4 Å². The van der Waals surface area contributed by atoms with Crippen molar-refractivity contribution in [3.05, 3.63) is 35.4 Å². The maximum Gasteiger partial charge on any atom is 0.344 e. The second kappa shape index (κ2) is 7.81. The molecule has 0 bridgehead atoms. The lowest BCUT2D eigenvalue weighted by atomic mass is 9.85. The summed E-state index contributed by atoms with van der Waals surface area (Å²) in [4.78, 5) is 15.1. The molecule has 0 aromatic heterocycles. The van der Waals surface area contributed by atoms with E-state index in [-0.39, 0.29) is 0 Å². The molecule has 0 amide bonds. The summed E-state index contributed by atoms with van der Waals surface area (Å²) in [6.45, 7) is 1.41. The van der Waals surface area contributed by atoms with Gasteiger partial charge < -0.3 is 9.94 Å². The van der Waals surface area contributed by atoms with E-state index in [0.717, 1.165) is 17.9 Å². The van der Waals surface area contributed by atoms with E-state index in [1.54, 1.807) is 0 Å². The second-order valence-corrected chi connectivity index (χ2v) is 5.75. The summed E-state index contributed by atoms with van der Waals surface area (Å²) in [6.07, 6.45) is 7.99. The van der Waals surface area contributed by atoms with Gasteiger partial charge in [0.2, 0.25) is 6.61 Å². The minimum absolute atomic E-state index is 0.406. The van der Waals surface area contributed by atoms with Gasteiger partial charge in [0.15, 0.2) is 0 Å². The molecule has 4 heteroatoms. The molecule has 0 saturated heterocycles. The predicted molar refractivity (Wildman–Crippen MR) is 82.5 cm³/mol. The van der Waals surface area contributed by atoms with Gasteiger partial charge in [-0.2, -0.15) is 0 Å². The first kappa shape index (κ1) is 15.5. The predicted octanol–water partition coefficient (Wildman–Crippen LogP) is 3.63. The number of oxime groups is 1. The Morgan fingerprint density at radius 2 is 1.90 bits per heavy atom. The van der Waals surface area contributed by atoms with Crippen LogP contribution >= 0.6 is 0 Å². The maximum absolute atomic E-state index is 10.4. The van der Waals surface area contributed by atoms with Gasteiger partial charge in [-0.15, -0.1) is 0 Å². The average Bonchev–Trinajstić information content (AvgIpc) is 2.48. The molecule has 1 aromatic rings. The standard InChI is InChI=1S/C17H23NO3/c1-13(18-21-12-17(19)20)16-9-7-15(8-10-16)11-14-5-3-2-4-6-14/h7-10,14H,2-6,11-12H2,1H3,(H,19,20)/b18-13+. The summed E-state index contributed by atoms with van der Waals surface area (Å²) >= 11 is 0. The molecule has 1 saturated carbocycles. The highest BCUT2D eigenvalue weighted by molar-refractivity contribution is 5.98. The molecule has 0 spiro atoms. The lowest BCUT2D eigenvalue weighted by Gasteiger charge is -2.21. The van der Waals surface area contributed by atoms with Crippen LogP contribution in [0.4, 0.5) is 0 Å². The number of carboxylic acid groups (broad SMARTS) is 1. The molecule has 1 fully saturated rings. The van der Waals surface area contributed by atoms with Crippen molar-refractivity contribution in [2.75, 3.05) is 6.61 Å². The zero-order valence-electron chi connectivity index (χ0n) is 12.5. The molecule has 0 aliphatic heterocycles. The molecular weight excluding hydrogens is 266 g/mol. The molecule has 1 aliphatic rings. The van der Waals surface area contributed by atoms with E-state index in [2.05, 4.69) is 17.3 Å². The van der Waals surface area contributed by atoms with Crippen molar-refractivity contribution in [3.8, 4) is 0 Å². The molecule has 0 unspecified atom stereocenters. The molecular formula is C17H23NO3. The Bertz CT molecular complexity index is 487. The van der Waals surface area contributed by atoms with Crippen molar-refractivity contribution >= 4 is 11.7 Å². The van der Waals surface area contributed by atoms with Gasteiger partial charge in [0.05, 0.1) is 5.71 Å². The molecule has 114 valence electrons. The van der Waals surface area contributed by atoms with Crippen LogP contribution in [0, 0.1) is 5.92 Å². The van der Waals surface area contributed by atoms with Crippen LogP contribution in [0.1, 0.15) is 50.2 Å². The Labute approximate surface area is 125 Å². The van der Waals surface area contributed by atoms with E-state index in [0.29, 0.717) is 5.71 Å². The number of rotatable bonds is 6. The van der Waals surface area contributed by atoms with E-state index in [4.69, 9.17) is 9.94 Å². The highest BCUT2D eigenvalue weighted by atomic mass is 16.6. The summed E-state index contributed by atoms with van der Waals surface area (Å²) in [5.41, 5.74) is 3.03. The van der Waals surface area contributed by atoms with Crippen LogP contribution in [-0.4, -0.2) is 23.4 Å². The molecule has 0 atom stereocenters. The van der Waals surface area contributed by atoms with Crippen LogP contribution in [0.3, 0.4) is 0 Å². The molecule has 4 nitrogen and oxygen atoms in total. The van der Waals surface area contributed by atoms with Crippen LogP contribution in [0.5, 0.6) is 0 Å². The van der Waals surface area contributed by atoms with E-state index in [9.17, 15) is 4.79 Å². The van der Waals surface area contributed by atoms with Crippen molar-refractivity contribution in [3.63, 3.8) is 0 Å². The number of hydrogen-bond donors (Lipinski definition) is 1. The summed E-state index contributed by atoms with van der Waals surface area (Å²) in [5, 5.41) is 12.3. The molecule has 1 N–H and O–H groups in total. The van der Waals surface area contributed by atoms with E-state index in [1.165, 1.54) is 37.7 Å². The molecule has 1 aromatic carbocycles. The van der Waals surface area contributed by atoms with Gasteiger partial charge in [-0.3, -0.25) is 0 Å². The van der Waals surface area contributed by atoms with Crippen molar-refractivity contribution in [1.29, 1.82) is 0 Å². The van der Waals surface area contributed by atoms with Crippen molar-refractivity contribution in [1.82, 2.24) is 0 Å². The van der Waals surface area contributed by atoms with Gasteiger partial charge in [0.1, 0.15) is 0 Å². The van der Waals surface area contributed by atoms with Gasteiger partial charge in [-0.1, -0.05) is 61.5 Å². The highest BCUT2D eigenvalue weighted by Crippen LogP contribution is 2.26. The van der Waals surface area contributed by atoms with Crippen LogP contribution < -0.4 is 0 Å². The highest BCUT2D eigenvalue weighted by Gasteiger charge is 2.13. The Balaban J connectivity index is 1.89. The van der Waals surface area contributed by atoms with Crippen LogP contribution in [-0.2, 0) is 16.1 Å². The molecule has 2 rings (SSSR count). The number of hydrogen-bond acceptors (Lipinski definition) is 3. The first-order valence-electron chi connectivity index (χ1n) is 7.63. The first-order chi connectivity index (χ1) is 10.1. The van der Waals surface area contributed by atoms with Gasteiger partial charge >= 0.3 is 5.97 Å². The lowest BCUT2D eigenvalue weighted by molar-refractivity contribution is -0.142. The monoisotopic (exact) mass is 289 g/mol. The summed E-state index contributed by atoms with van der Waals surface area (Å²) < 4.78 is 0. The zero-order valence-corrected chi connectivity index (χ0v) is 12.5. The molecule has 0 radical (unpaired) electrons.